The summed E-state index contributed by atoms with van der Waals surface area (Å²) in [6.07, 6.45) is 7.87. The third-order valence-corrected chi connectivity index (χ3v) is 9.98. The van der Waals surface area contributed by atoms with Gasteiger partial charge in [0.2, 0.25) is 5.88 Å². The maximum absolute atomic E-state index is 13.8. The number of carboxylic acid groups (broad SMARTS) is 1. The van der Waals surface area contributed by atoms with Crippen LogP contribution in [0, 0.1) is 11.2 Å². The number of hydrogen-bond acceptors (Lipinski definition) is 7. The molecule has 0 radical (unpaired) electrons. The summed E-state index contributed by atoms with van der Waals surface area (Å²) in [6, 6.07) is 3.90. The molecule has 2 aromatic heterocycles. The average molecular weight is 650 g/mol. The molecule has 0 spiro atoms. The number of carboxylic acids is 1. The molecule has 6 rings (SSSR count). The fraction of sp³-hybridized carbons (Fsp3) is 0.387. The quantitative estimate of drug-likeness (QED) is 0.240. The Bertz CT molecular complexity index is 1650. The Morgan fingerprint density at radius 3 is 2.47 bits per heavy atom. The number of aliphatic hydroxyl groups is 1. The molecule has 0 aliphatic heterocycles. The van der Waals surface area contributed by atoms with Crippen LogP contribution in [-0.2, 0) is 11.3 Å². The Morgan fingerprint density at radius 2 is 1.86 bits per heavy atom. The van der Waals surface area contributed by atoms with Crippen molar-refractivity contribution >= 4 is 40.8 Å². The van der Waals surface area contributed by atoms with Crippen molar-refractivity contribution in [2.75, 3.05) is 7.11 Å². The van der Waals surface area contributed by atoms with E-state index in [4.69, 9.17) is 48.8 Å². The van der Waals surface area contributed by atoms with Gasteiger partial charge in [0.1, 0.15) is 29.6 Å². The minimum atomic E-state index is -1.14. The Labute approximate surface area is 262 Å². The van der Waals surface area contributed by atoms with Crippen LogP contribution in [0.25, 0.3) is 11.3 Å². The van der Waals surface area contributed by atoms with Gasteiger partial charge in [-0.25, -0.2) is 14.2 Å². The maximum atomic E-state index is 13.8. The molecule has 2 heterocycles. The van der Waals surface area contributed by atoms with Crippen LogP contribution >= 0.6 is 34.8 Å². The minimum Gasteiger partial charge on any atom is -0.489 e. The lowest BCUT2D eigenvalue weighted by Crippen LogP contribution is -2.55. The number of pyridine rings is 1. The second-order valence-electron chi connectivity index (χ2n) is 11.6. The second kappa shape index (κ2) is 11.1. The average Bonchev–Trinajstić information content (AvgIpc) is 3.71. The SMILES string of the molecule is COc1ncc(C(=O)O)cc1C1CC(O)(C2(C)CC=C(OCc3c(-c4c(Cl)cc(F)cc4Cl)noc3C3CC3)C=C2Cl)C1. The Balaban J connectivity index is 1.19. The molecule has 0 bridgehead atoms. The van der Waals surface area contributed by atoms with E-state index in [-0.39, 0.29) is 34.1 Å². The van der Waals surface area contributed by atoms with Crippen molar-refractivity contribution in [1.82, 2.24) is 10.1 Å². The van der Waals surface area contributed by atoms with E-state index in [1.165, 1.54) is 25.4 Å². The van der Waals surface area contributed by atoms with Gasteiger partial charge in [-0.05, 0) is 68.4 Å². The van der Waals surface area contributed by atoms with E-state index in [9.17, 15) is 19.4 Å². The van der Waals surface area contributed by atoms with Crippen LogP contribution in [0.2, 0.25) is 10.0 Å². The van der Waals surface area contributed by atoms with Crippen molar-refractivity contribution < 1.29 is 33.4 Å². The van der Waals surface area contributed by atoms with Crippen molar-refractivity contribution in [1.29, 1.82) is 0 Å². The number of halogens is 4. The van der Waals surface area contributed by atoms with Crippen LogP contribution in [-0.4, -0.2) is 39.0 Å². The number of hydrogen-bond donors (Lipinski definition) is 2. The summed E-state index contributed by atoms with van der Waals surface area (Å²) in [4.78, 5) is 15.6. The molecule has 3 aliphatic carbocycles. The van der Waals surface area contributed by atoms with E-state index in [1.807, 2.05) is 13.0 Å². The molecule has 12 heteroatoms. The van der Waals surface area contributed by atoms with Crippen LogP contribution in [0.3, 0.4) is 0 Å². The van der Waals surface area contributed by atoms with E-state index in [2.05, 4.69) is 10.1 Å². The molecule has 3 aliphatic rings. The van der Waals surface area contributed by atoms with Gasteiger partial charge in [-0.2, -0.15) is 0 Å². The summed E-state index contributed by atoms with van der Waals surface area (Å²) < 4.78 is 31.1. The van der Waals surface area contributed by atoms with Crippen LogP contribution in [0.15, 0.2) is 51.9 Å². The van der Waals surface area contributed by atoms with E-state index in [1.54, 1.807) is 12.1 Å². The molecule has 0 amide bonds. The number of nitrogens with zero attached hydrogens (tertiary/aromatic N) is 2. The molecule has 2 N–H and O–H groups in total. The zero-order valence-corrected chi connectivity index (χ0v) is 25.6. The Hall–Kier alpha value is -3.11. The highest BCUT2D eigenvalue weighted by Crippen LogP contribution is 2.60. The molecule has 226 valence electrons. The van der Waals surface area contributed by atoms with E-state index >= 15 is 0 Å². The Kier molecular flexibility index (Phi) is 7.74. The number of aromatic carboxylic acids is 1. The number of allylic oxidation sites excluding steroid dienone is 2. The molecule has 2 fully saturated rings. The molecule has 3 aromatic rings. The number of methoxy groups -OCH3 is 1. The van der Waals surface area contributed by atoms with Crippen LogP contribution in [0.4, 0.5) is 4.39 Å². The zero-order chi connectivity index (χ0) is 30.7. The fourth-order valence-electron chi connectivity index (χ4n) is 5.98. The lowest BCUT2D eigenvalue weighted by atomic mass is 9.54. The number of ether oxygens (including phenoxy) is 2. The van der Waals surface area contributed by atoms with Gasteiger partial charge in [0.25, 0.3) is 0 Å². The molecule has 2 saturated carbocycles. The normalized spacial score (nSPS) is 25.0. The first-order valence-corrected chi connectivity index (χ1v) is 14.9. The monoisotopic (exact) mass is 648 g/mol. The molecule has 0 saturated heterocycles. The molecule has 1 aromatic carbocycles. The summed E-state index contributed by atoms with van der Waals surface area (Å²) in [6.45, 7) is 2.00. The highest BCUT2D eigenvalue weighted by molar-refractivity contribution is 6.39. The van der Waals surface area contributed by atoms with E-state index in [0.29, 0.717) is 64.1 Å². The zero-order valence-electron chi connectivity index (χ0n) is 23.3. The largest absolute Gasteiger partial charge is 0.489 e. The Morgan fingerprint density at radius 1 is 1.16 bits per heavy atom. The topological polar surface area (TPSA) is 115 Å². The number of rotatable bonds is 9. The van der Waals surface area contributed by atoms with Gasteiger partial charge in [-0.15, -0.1) is 0 Å². The van der Waals surface area contributed by atoms with Gasteiger partial charge < -0.3 is 24.2 Å². The lowest BCUT2D eigenvalue weighted by molar-refractivity contribution is -0.126. The van der Waals surface area contributed by atoms with Gasteiger partial charge in [-0.3, -0.25) is 0 Å². The summed E-state index contributed by atoms with van der Waals surface area (Å²) >= 11 is 19.5. The highest BCUT2D eigenvalue weighted by Gasteiger charge is 2.57. The predicted molar refractivity (Wildman–Crippen MR) is 158 cm³/mol. The summed E-state index contributed by atoms with van der Waals surface area (Å²) in [5, 5.41) is 26.0. The number of carbonyl (C=O) groups is 1. The van der Waals surface area contributed by atoms with Crippen LogP contribution in [0.5, 0.6) is 5.88 Å². The first-order valence-electron chi connectivity index (χ1n) is 13.8. The van der Waals surface area contributed by atoms with Crippen LogP contribution < -0.4 is 4.74 Å². The van der Waals surface area contributed by atoms with Gasteiger partial charge in [0.15, 0.2) is 0 Å². The van der Waals surface area contributed by atoms with Crippen molar-refractivity contribution in [3.8, 4) is 17.1 Å². The van der Waals surface area contributed by atoms with Crippen molar-refractivity contribution in [2.24, 2.45) is 5.41 Å². The molecule has 1 unspecified atom stereocenters. The molecular weight excluding hydrogens is 622 g/mol. The summed E-state index contributed by atoms with van der Waals surface area (Å²) in [5.41, 5.74) is 0.225. The third kappa shape index (κ3) is 5.30. The molecular formula is C31H28Cl3FN2O6. The molecule has 1 atom stereocenters. The lowest BCUT2D eigenvalue weighted by Gasteiger charge is -2.55. The molecule has 8 nitrogen and oxygen atoms in total. The van der Waals surface area contributed by atoms with Crippen molar-refractivity contribution in [3.05, 3.63) is 85.7 Å². The predicted octanol–water partition coefficient (Wildman–Crippen LogP) is 8.01. The summed E-state index contributed by atoms with van der Waals surface area (Å²) in [7, 11) is 1.48. The number of benzene rings is 1. The standard InChI is InChI=1S/C31H28Cl3FN2O6/c1-30(31(40)11-17(12-31)20-7-16(29(38)39)13-36-28(20)41-2)6-5-19(10-24(30)34)42-14-21-26(37-43-27(21)15-3-4-15)25-22(32)8-18(35)9-23(25)33/h5,7-10,13,15,17,40H,3-4,6,11-12,14H2,1-2H3,(H,38,39). The van der Waals surface area contributed by atoms with E-state index in [0.717, 1.165) is 12.8 Å². The highest BCUT2D eigenvalue weighted by atomic mass is 35.5. The van der Waals surface area contributed by atoms with Gasteiger partial charge in [0.05, 0.1) is 33.9 Å². The van der Waals surface area contributed by atoms with Gasteiger partial charge in [0, 0.05) is 33.7 Å². The van der Waals surface area contributed by atoms with Crippen molar-refractivity contribution in [2.45, 2.75) is 63.1 Å². The third-order valence-electron chi connectivity index (χ3n) is 8.86. The fourth-order valence-corrected chi connectivity index (χ4v) is 6.98. The van der Waals surface area contributed by atoms with E-state index < -0.39 is 22.8 Å². The van der Waals surface area contributed by atoms with Crippen molar-refractivity contribution in [3.63, 3.8) is 0 Å². The second-order valence-corrected chi connectivity index (χ2v) is 12.8. The maximum Gasteiger partial charge on any atom is 0.337 e. The van der Waals surface area contributed by atoms with Crippen LogP contribution in [0.1, 0.15) is 78.1 Å². The summed E-state index contributed by atoms with van der Waals surface area (Å²) in [5.74, 6) is -0.0207. The molecule has 43 heavy (non-hydrogen) atoms. The number of aromatic nitrogens is 2. The smallest absolute Gasteiger partial charge is 0.337 e. The first-order chi connectivity index (χ1) is 20.4. The minimum absolute atomic E-state index is 0.0579. The van der Waals surface area contributed by atoms with Gasteiger partial charge in [-0.1, -0.05) is 46.9 Å². The van der Waals surface area contributed by atoms with Gasteiger partial charge >= 0.3 is 5.97 Å². The first kappa shape index (κ1) is 29.9.